The van der Waals surface area contributed by atoms with Gasteiger partial charge >= 0.3 is 0 Å². The Balaban J connectivity index is 1.48. The van der Waals surface area contributed by atoms with E-state index in [1.54, 1.807) is 0 Å². The van der Waals surface area contributed by atoms with Crippen molar-refractivity contribution in [3.63, 3.8) is 0 Å². The van der Waals surface area contributed by atoms with Crippen molar-refractivity contribution >= 4 is 17.7 Å². The maximum atomic E-state index is 12.9. The van der Waals surface area contributed by atoms with E-state index in [1.165, 1.54) is 22.3 Å². The molecule has 0 spiro atoms. The molecule has 2 aromatic carbocycles. The highest BCUT2D eigenvalue weighted by molar-refractivity contribution is 6.07. The van der Waals surface area contributed by atoms with Gasteiger partial charge in [0.2, 0.25) is 0 Å². The van der Waals surface area contributed by atoms with Crippen LogP contribution < -0.4 is 0 Å². The summed E-state index contributed by atoms with van der Waals surface area (Å²) >= 11 is 0. The second-order valence-electron chi connectivity index (χ2n) is 8.47. The van der Waals surface area contributed by atoms with E-state index in [9.17, 15) is 4.79 Å². The summed E-state index contributed by atoms with van der Waals surface area (Å²) < 4.78 is 0. The van der Waals surface area contributed by atoms with Gasteiger partial charge in [-0.25, -0.2) is 0 Å². The zero-order valence-corrected chi connectivity index (χ0v) is 17.2. The van der Waals surface area contributed by atoms with Crippen molar-refractivity contribution in [1.29, 1.82) is 0 Å². The van der Waals surface area contributed by atoms with Crippen molar-refractivity contribution in [2.75, 3.05) is 33.2 Å². The van der Waals surface area contributed by atoms with Gasteiger partial charge < -0.3 is 9.80 Å². The number of likely N-dealkylation sites (N-methyl/N-ethyl adjacent to an activating group) is 1. The average molecular weight is 386 g/mol. The summed E-state index contributed by atoms with van der Waals surface area (Å²) in [4.78, 5) is 22.6. The third-order valence-electron chi connectivity index (χ3n) is 6.56. The number of carbonyl (C=O) groups excluding carboxylic acids is 1. The fourth-order valence-corrected chi connectivity index (χ4v) is 4.68. The highest BCUT2D eigenvalue weighted by Crippen LogP contribution is 2.34. The number of fused-ring (bicyclic) bond motifs is 2. The Bertz CT molecular complexity index is 1010. The number of ketones is 1. The molecule has 4 nitrogen and oxygen atoms in total. The first-order valence-electron chi connectivity index (χ1n) is 10.5. The van der Waals surface area contributed by atoms with E-state index in [-0.39, 0.29) is 11.7 Å². The first-order chi connectivity index (χ1) is 14.1. The summed E-state index contributed by atoms with van der Waals surface area (Å²) in [6, 6.07) is 14.8. The van der Waals surface area contributed by atoms with Crippen molar-refractivity contribution in [2.45, 2.75) is 25.8 Å². The van der Waals surface area contributed by atoms with Gasteiger partial charge in [-0.15, -0.1) is 0 Å². The van der Waals surface area contributed by atoms with Gasteiger partial charge in [-0.3, -0.25) is 9.79 Å². The van der Waals surface area contributed by atoms with Crippen molar-refractivity contribution in [3.8, 4) is 0 Å². The lowest BCUT2D eigenvalue weighted by Crippen LogP contribution is -2.47. The number of benzene rings is 2. The Morgan fingerprint density at radius 1 is 1.00 bits per heavy atom. The van der Waals surface area contributed by atoms with Gasteiger partial charge in [-0.1, -0.05) is 43.3 Å². The van der Waals surface area contributed by atoms with E-state index in [0.29, 0.717) is 6.42 Å². The van der Waals surface area contributed by atoms with Crippen LogP contribution in [0.5, 0.6) is 0 Å². The molecule has 148 valence electrons. The molecule has 2 aliphatic heterocycles. The minimum Gasteiger partial charge on any atom is -0.354 e. The lowest BCUT2D eigenvalue weighted by atomic mass is 9.81. The molecule has 1 unspecified atom stereocenters. The van der Waals surface area contributed by atoms with Gasteiger partial charge in [-0.2, -0.15) is 0 Å². The fraction of sp³-hybridized carbons (Fsp3) is 0.360. The molecule has 0 N–H and O–H groups in total. The number of allylic oxidation sites excluding steroid dienone is 1. The summed E-state index contributed by atoms with van der Waals surface area (Å²) in [7, 11) is 2.18. The average Bonchev–Trinajstić information content (AvgIpc) is 3.15. The van der Waals surface area contributed by atoms with Crippen molar-refractivity contribution < 1.29 is 4.79 Å². The fourth-order valence-electron chi connectivity index (χ4n) is 4.68. The molecule has 0 bridgehead atoms. The zero-order valence-electron chi connectivity index (χ0n) is 17.2. The Hall–Kier alpha value is -2.72. The lowest BCUT2D eigenvalue weighted by Gasteiger charge is -2.34. The van der Waals surface area contributed by atoms with E-state index in [0.717, 1.165) is 49.7 Å². The number of Topliss-reactive ketones (excluding diaryl/α,β-unsaturated/α-hetero) is 1. The first kappa shape index (κ1) is 18.3. The number of hydrogen-bond donors (Lipinski definition) is 0. The first-order valence-corrected chi connectivity index (χ1v) is 10.5. The molecular formula is C25H27N3O. The third-order valence-corrected chi connectivity index (χ3v) is 6.56. The van der Waals surface area contributed by atoms with Gasteiger partial charge in [0.25, 0.3) is 0 Å². The van der Waals surface area contributed by atoms with Gasteiger partial charge in [-0.05, 0) is 41.4 Å². The maximum absolute atomic E-state index is 12.9. The van der Waals surface area contributed by atoms with Crippen LogP contribution in [0.15, 0.2) is 53.0 Å². The Kier molecular flexibility index (Phi) is 4.59. The van der Waals surface area contributed by atoms with Crippen LogP contribution in [0.2, 0.25) is 0 Å². The summed E-state index contributed by atoms with van der Waals surface area (Å²) in [6.07, 6.45) is 2.62. The molecule has 4 heteroatoms. The number of nitrogens with zero attached hydrogens (tertiary/aromatic N) is 3. The Morgan fingerprint density at radius 2 is 1.76 bits per heavy atom. The molecule has 1 saturated heterocycles. The zero-order chi connectivity index (χ0) is 20.0. The summed E-state index contributed by atoms with van der Waals surface area (Å²) in [5, 5.41) is 0. The van der Waals surface area contributed by atoms with E-state index in [2.05, 4.69) is 54.1 Å². The molecule has 0 saturated carbocycles. The lowest BCUT2D eigenvalue weighted by molar-refractivity contribution is -0.115. The van der Waals surface area contributed by atoms with Crippen LogP contribution in [-0.4, -0.2) is 54.6 Å². The minimum absolute atomic E-state index is 0.107. The summed E-state index contributed by atoms with van der Waals surface area (Å²) in [5.74, 6) is 1.49. The van der Waals surface area contributed by atoms with Crippen LogP contribution in [0.3, 0.4) is 0 Å². The number of rotatable bonds is 2. The molecule has 0 amide bonds. The monoisotopic (exact) mass is 385 g/mol. The normalized spacial score (nSPS) is 20.1. The molecule has 2 aromatic rings. The molecule has 1 aliphatic carbocycles. The van der Waals surface area contributed by atoms with Crippen LogP contribution in [0.1, 0.15) is 40.7 Å². The predicted octanol–water partition coefficient (Wildman–Crippen LogP) is 3.51. The molecule has 2 heterocycles. The second-order valence-corrected chi connectivity index (χ2v) is 8.47. The summed E-state index contributed by atoms with van der Waals surface area (Å²) in [5.41, 5.74) is 6.96. The van der Waals surface area contributed by atoms with Crippen molar-refractivity contribution in [3.05, 3.63) is 75.9 Å². The largest absolute Gasteiger partial charge is 0.354 e. The van der Waals surface area contributed by atoms with Crippen molar-refractivity contribution in [1.82, 2.24) is 9.80 Å². The van der Waals surface area contributed by atoms with Crippen LogP contribution in [0, 0.1) is 0 Å². The highest BCUT2D eigenvalue weighted by Gasteiger charge is 2.29. The van der Waals surface area contributed by atoms with Crippen LogP contribution in [-0.2, 0) is 17.8 Å². The van der Waals surface area contributed by atoms with Crippen molar-refractivity contribution in [2.24, 2.45) is 4.99 Å². The van der Waals surface area contributed by atoms with E-state index < -0.39 is 0 Å². The third kappa shape index (κ3) is 3.32. The van der Waals surface area contributed by atoms with Gasteiger partial charge in [0.1, 0.15) is 5.84 Å². The molecule has 0 radical (unpaired) electrons. The molecule has 1 atom stereocenters. The van der Waals surface area contributed by atoms with Gasteiger partial charge in [0.15, 0.2) is 5.78 Å². The number of carbonyl (C=O) groups is 1. The predicted molar refractivity (Wildman–Crippen MR) is 117 cm³/mol. The van der Waals surface area contributed by atoms with E-state index in [1.807, 2.05) is 18.2 Å². The second kappa shape index (κ2) is 7.27. The Labute approximate surface area is 172 Å². The van der Waals surface area contributed by atoms with Gasteiger partial charge in [0.05, 0.1) is 6.54 Å². The number of hydrogen-bond acceptors (Lipinski definition) is 4. The minimum atomic E-state index is 0.107. The van der Waals surface area contributed by atoms with E-state index in [4.69, 9.17) is 4.99 Å². The quantitative estimate of drug-likeness (QED) is 0.794. The summed E-state index contributed by atoms with van der Waals surface area (Å²) in [6.45, 7) is 7.07. The SMILES string of the molecule is CC(C1=Cc2cc3c(cc2CC1=O)CN=C3N1CCN(C)CC1)c1ccccc1. The molecule has 0 aromatic heterocycles. The van der Waals surface area contributed by atoms with Crippen LogP contribution >= 0.6 is 0 Å². The molecular weight excluding hydrogens is 358 g/mol. The van der Waals surface area contributed by atoms with E-state index >= 15 is 0 Å². The number of amidine groups is 1. The smallest absolute Gasteiger partial charge is 0.163 e. The Morgan fingerprint density at radius 3 is 2.52 bits per heavy atom. The van der Waals surface area contributed by atoms with Crippen LogP contribution in [0.4, 0.5) is 0 Å². The standard InChI is InChI=1S/C25H27N3O/c1-17(18-6-4-3-5-7-18)22-13-20-14-23-21(12-19(20)15-24(22)29)16-26-25(23)28-10-8-27(2)9-11-28/h3-7,12-14,17H,8-11,15-16H2,1-2H3. The number of piperazine rings is 1. The van der Waals surface area contributed by atoms with Gasteiger partial charge in [0, 0.05) is 49.7 Å². The highest BCUT2D eigenvalue weighted by atomic mass is 16.1. The number of aliphatic imine (C=N–C) groups is 1. The molecule has 5 rings (SSSR count). The van der Waals surface area contributed by atoms with Crippen LogP contribution in [0.25, 0.3) is 6.08 Å². The molecule has 1 fully saturated rings. The molecule has 3 aliphatic rings. The maximum Gasteiger partial charge on any atom is 0.163 e. The molecule has 29 heavy (non-hydrogen) atoms. The topological polar surface area (TPSA) is 35.9 Å².